The van der Waals surface area contributed by atoms with Crippen molar-refractivity contribution in [3.05, 3.63) is 54.9 Å². The molecule has 2 aromatic carbocycles. The molecule has 3 N–H and O–H groups in total. The fourth-order valence-corrected chi connectivity index (χ4v) is 3.10. The molecule has 8 nitrogen and oxygen atoms in total. The molecule has 0 saturated heterocycles. The van der Waals surface area contributed by atoms with E-state index in [2.05, 4.69) is 25.6 Å². The first-order valence-corrected chi connectivity index (χ1v) is 8.95. The van der Waals surface area contributed by atoms with Crippen molar-refractivity contribution in [1.29, 1.82) is 0 Å². The van der Waals surface area contributed by atoms with Gasteiger partial charge in [0.1, 0.15) is 5.82 Å². The first kappa shape index (κ1) is 18.4. The summed E-state index contributed by atoms with van der Waals surface area (Å²) in [6.07, 6.45) is 3.60. The predicted octanol–water partition coefficient (Wildman–Crippen LogP) is 4.47. The second-order valence-corrected chi connectivity index (χ2v) is 6.17. The monoisotopic (exact) mass is 391 g/mol. The molecular formula is C21H21N5O3. The van der Waals surface area contributed by atoms with Gasteiger partial charge in [0, 0.05) is 46.8 Å². The Hall–Kier alpha value is -3.94. The van der Waals surface area contributed by atoms with Crippen LogP contribution in [0.1, 0.15) is 0 Å². The highest BCUT2D eigenvalue weighted by molar-refractivity contribution is 5.93. The quantitative estimate of drug-likeness (QED) is 0.428. The number of methoxy groups -OCH3 is 3. The average molecular weight is 391 g/mol. The van der Waals surface area contributed by atoms with E-state index in [0.29, 0.717) is 34.7 Å². The van der Waals surface area contributed by atoms with E-state index in [4.69, 9.17) is 14.2 Å². The van der Waals surface area contributed by atoms with E-state index in [0.717, 1.165) is 16.6 Å². The van der Waals surface area contributed by atoms with Crippen molar-refractivity contribution in [2.75, 3.05) is 32.0 Å². The lowest BCUT2D eigenvalue weighted by molar-refractivity contribution is 0.324. The van der Waals surface area contributed by atoms with Gasteiger partial charge in [-0.15, -0.1) is 0 Å². The van der Waals surface area contributed by atoms with Gasteiger partial charge in [0.2, 0.25) is 11.7 Å². The lowest BCUT2D eigenvalue weighted by atomic mass is 10.2. The van der Waals surface area contributed by atoms with Crippen LogP contribution in [0.3, 0.4) is 0 Å². The maximum Gasteiger partial charge on any atom is 0.229 e. The van der Waals surface area contributed by atoms with Crippen LogP contribution in [0.15, 0.2) is 54.9 Å². The van der Waals surface area contributed by atoms with Crippen molar-refractivity contribution in [1.82, 2.24) is 15.0 Å². The van der Waals surface area contributed by atoms with E-state index < -0.39 is 0 Å². The molecule has 8 heteroatoms. The van der Waals surface area contributed by atoms with Gasteiger partial charge in [0.05, 0.1) is 21.3 Å². The van der Waals surface area contributed by atoms with Gasteiger partial charge in [-0.05, 0) is 24.3 Å². The van der Waals surface area contributed by atoms with E-state index in [1.54, 1.807) is 39.7 Å². The summed E-state index contributed by atoms with van der Waals surface area (Å²) >= 11 is 0. The lowest BCUT2D eigenvalue weighted by Gasteiger charge is -2.15. The summed E-state index contributed by atoms with van der Waals surface area (Å²) < 4.78 is 16.1. The number of ether oxygens (including phenoxy) is 3. The second-order valence-electron chi connectivity index (χ2n) is 6.17. The van der Waals surface area contributed by atoms with Gasteiger partial charge in [-0.3, -0.25) is 0 Å². The van der Waals surface area contributed by atoms with E-state index in [9.17, 15) is 0 Å². The van der Waals surface area contributed by atoms with Crippen LogP contribution < -0.4 is 24.8 Å². The van der Waals surface area contributed by atoms with Gasteiger partial charge in [0.15, 0.2) is 11.5 Å². The van der Waals surface area contributed by atoms with Crippen molar-refractivity contribution in [3.63, 3.8) is 0 Å². The van der Waals surface area contributed by atoms with E-state index >= 15 is 0 Å². The number of hydrogen-bond donors (Lipinski definition) is 3. The maximum atomic E-state index is 5.39. The molecule has 2 heterocycles. The van der Waals surface area contributed by atoms with Crippen LogP contribution in [-0.2, 0) is 0 Å². The highest BCUT2D eigenvalue weighted by atomic mass is 16.5. The largest absolute Gasteiger partial charge is 0.493 e. The van der Waals surface area contributed by atoms with Gasteiger partial charge in [-0.25, -0.2) is 4.98 Å². The van der Waals surface area contributed by atoms with Gasteiger partial charge < -0.3 is 29.8 Å². The Morgan fingerprint density at radius 3 is 2.41 bits per heavy atom. The highest BCUT2D eigenvalue weighted by Crippen LogP contribution is 2.40. The highest BCUT2D eigenvalue weighted by Gasteiger charge is 2.14. The van der Waals surface area contributed by atoms with Crippen LogP contribution >= 0.6 is 0 Å². The fourth-order valence-electron chi connectivity index (χ4n) is 3.10. The third kappa shape index (κ3) is 3.73. The van der Waals surface area contributed by atoms with Crippen molar-refractivity contribution in [3.8, 4) is 17.2 Å². The number of nitrogens with zero attached hydrogens (tertiary/aromatic N) is 2. The smallest absolute Gasteiger partial charge is 0.229 e. The number of rotatable bonds is 7. The molecule has 0 radical (unpaired) electrons. The minimum Gasteiger partial charge on any atom is -0.493 e. The van der Waals surface area contributed by atoms with Crippen LogP contribution in [0.5, 0.6) is 17.2 Å². The normalized spacial score (nSPS) is 10.6. The lowest BCUT2D eigenvalue weighted by Crippen LogP contribution is -2.02. The first-order chi connectivity index (χ1) is 14.2. The Bertz CT molecular complexity index is 1120. The summed E-state index contributed by atoms with van der Waals surface area (Å²) in [6.45, 7) is 0. The molecule has 2 aromatic heterocycles. The second kappa shape index (κ2) is 7.97. The van der Waals surface area contributed by atoms with Gasteiger partial charge in [-0.1, -0.05) is 6.07 Å². The summed E-state index contributed by atoms with van der Waals surface area (Å²) in [5, 5.41) is 7.61. The van der Waals surface area contributed by atoms with Crippen LogP contribution in [0.2, 0.25) is 0 Å². The van der Waals surface area contributed by atoms with Crippen molar-refractivity contribution in [2.24, 2.45) is 0 Å². The van der Waals surface area contributed by atoms with Crippen LogP contribution in [0.4, 0.5) is 23.1 Å². The minimum atomic E-state index is 0.436. The average Bonchev–Trinajstić information content (AvgIpc) is 3.23. The van der Waals surface area contributed by atoms with Crippen molar-refractivity contribution >= 4 is 34.0 Å². The van der Waals surface area contributed by atoms with E-state index in [1.165, 1.54) is 0 Å². The number of benzene rings is 2. The maximum absolute atomic E-state index is 5.39. The predicted molar refractivity (Wildman–Crippen MR) is 113 cm³/mol. The Kier molecular flexibility index (Phi) is 5.07. The molecule has 0 fully saturated rings. The first-order valence-electron chi connectivity index (χ1n) is 8.95. The molecule has 0 saturated carbocycles. The number of fused-ring (bicyclic) bond motifs is 1. The zero-order chi connectivity index (χ0) is 20.2. The Morgan fingerprint density at radius 2 is 1.69 bits per heavy atom. The minimum absolute atomic E-state index is 0.436. The molecular weight excluding hydrogens is 370 g/mol. The molecule has 29 heavy (non-hydrogen) atoms. The zero-order valence-corrected chi connectivity index (χ0v) is 16.3. The zero-order valence-electron chi connectivity index (χ0n) is 16.3. The van der Waals surface area contributed by atoms with Gasteiger partial charge in [0.25, 0.3) is 0 Å². The number of anilines is 4. The molecule has 0 aliphatic heterocycles. The summed E-state index contributed by atoms with van der Waals surface area (Å²) in [5.74, 6) is 2.72. The molecule has 148 valence electrons. The summed E-state index contributed by atoms with van der Waals surface area (Å²) in [5.41, 5.74) is 2.73. The topological polar surface area (TPSA) is 93.3 Å². The van der Waals surface area contributed by atoms with Crippen LogP contribution in [-0.4, -0.2) is 36.3 Å². The molecule has 0 aliphatic rings. The Morgan fingerprint density at radius 1 is 0.897 bits per heavy atom. The van der Waals surface area contributed by atoms with E-state index in [-0.39, 0.29) is 0 Å². The molecule has 0 unspecified atom stereocenters. The van der Waals surface area contributed by atoms with Crippen LogP contribution in [0, 0.1) is 0 Å². The third-order valence-corrected chi connectivity index (χ3v) is 4.43. The Balaban J connectivity index is 1.60. The fraction of sp³-hybridized carbons (Fsp3) is 0.143. The standard InChI is InChI=1S/C21H21N5O3/c1-27-17-11-13(12-18(28-2)20(17)29-3)24-21-23-10-8-19(26-21)25-16-6-4-5-15-14(16)7-9-22-15/h4-12,22H,1-3H3,(H2,23,24,25,26). The van der Waals surface area contributed by atoms with Gasteiger partial charge in [-0.2, -0.15) is 4.98 Å². The summed E-state index contributed by atoms with van der Waals surface area (Å²) in [7, 11) is 4.71. The summed E-state index contributed by atoms with van der Waals surface area (Å²) in [6, 6.07) is 13.4. The number of nitrogens with one attached hydrogen (secondary N) is 3. The molecule has 0 spiro atoms. The van der Waals surface area contributed by atoms with E-state index in [1.807, 2.05) is 36.5 Å². The molecule has 0 atom stereocenters. The number of H-pyrrole nitrogens is 1. The number of hydrogen-bond acceptors (Lipinski definition) is 7. The van der Waals surface area contributed by atoms with Crippen molar-refractivity contribution < 1.29 is 14.2 Å². The third-order valence-electron chi connectivity index (χ3n) is 4.43. The molecule has 4 aromatic rings. The van der Waals surface area contributed by atoms with Gasteiger partial charge >= 0.3 is 0 Å². The van der Waals surface area contributed by atoms with Crippen LogP contribution in [0.25, 0.3) is 10.9 Å². The number of aromatic nitrogens is 3. The SMILES string of the molecule is COc1cc(Nc2nccc(Nc3cccc4[nH]ccc34)n2)cc(OC)c1OC. The number of aromatic amines is 1. The molecule has 4 rings (SSSR count). The summed E-state index contributed by atoms with van der Waals surface area (Å²) in [4.78, 5) is 12.1. The van der Waals surface area contributed by atoms with Crippen molar-refractivity contribution in [2.45, 2.75) is 0 Å². The Labute approximate surface area is 167 Å². The molecule has 0 amide bonds. The molecule has 0 bridgehead atoms. The molecule has 0 aliphatic carbocycles.